The second kappa shape index (κ2) is 8.45. The summed E-state index contributed by atoms with van der Waals surface area (Å²) >= 11 is 1.55. The average Bonchev–Trinajstić information content (AvgIpc) is 3.12. The maximum Gasteiger partial charge on any atom is 0.289 e. The molecular weight excluding hydrogens is 348 g/mol. The third kappa shape index (κ3) is 3.96. The van der Waals surface area contributed by atoms with Crippen molar-refractivity contribution in [1.82, 2.24) is 4.90 Å². The highest BCUT2D eigenvalue weighted by molar-refractivity contribution is 8.00. The summed E-state index contributed by atoms with van der Waals surface area (Å²) < 4.78 is 5.79. The molecule has 3 rings (SSSR count). The van der Waals surface area contributed by atoms with E-state index >= 15 is 0 Å². The van der Waals surface area contributed by atoms with Gasteiger partial charge in [-0.1, -0.05) is 26.0 Å². The normalized spacial score (nSPS) is 13.6. The highest BCUT2D eigenvalue weighted by Gasteiger charge is 2.26. The molecule has 1 aromatic carbocycles. The number of hydrogen-bond donors (Lipinski definition) is 0. The van der Waals surface area contributed by atoms with Gasteiger partial charge in [0.05, 0.1) is 18.0 Å². The Morgan fingerprint density at radius 2 is 1.88 bits per heavy atom. The van der Waals surface area contributed by atoms with Crippen LogP contribution >= 0.6 is 11.8 Å². The summed E-state index contributed by atoms with van der Waals surface area (Å²) in [5, 5.41) is 0. The summed E-state index contributed by atoms with van der Waals surface area (Å²) in [4.78, 5) is 29.7. The van der Waals surface area contributed by atoms with Gasteiger partial charge in [0.2, 0.25) is 5.91 Å². The first-order valence-corrected chi connectivity index (χ1v) is 10.0. The molecule has 0 radical (unpaired) electrons. The summed E-state index contributed by atoms with van der Waals surface area (Å²) in [7, 11) is 0. The minimum absolute atomic E-state index is 0.0524. The molecule has 0 saturated carbocycles. The maximum absolute atomic E-state index is 12.6. The Morgan fingerprint density at radius 1 is 1.15 bits per heavy atom. The van der Waals surface area contributed by atoms with E-state index in [0.29, 0.717) is 23.8 Å². The molecule has 1 aliphatic heterocycles. The largest absolute Gasteiger partial charge is 0.454 e. The van der Waals surface area contributed by atoms with Crippen molar-refractivity contribution in [2.75, 3.05) is 23.7 Å². The second-order valence-corrected chi connectivity index (χ2v) is 7.31. The number of anilines is 1. The zero-order valence-corrected chi connectivity index (χ0v) is 16.1. The number of nitrogens with zero attached hydrogens (tertiary/aromatic N) is 2. The lowest BCUT2D eigenvalue weighted by Gasteiger charge is -2.28. The molecule has 1 aromatic heterocycles. The van der Waals surface area contributed by atoms with E-state index in [9.17, 15) is 9.59 Å². The van der Waals surface area contributed by atoms with Crippen LogP contribution < -0.4 is 4.90 Å². The monoisotopic (exact) mass is 372 g/mol. The fourth-order valence-corrected chi connectivity index (χ4v) is 4.01. The van der Waals surface area contributed by atoms with E-state index in [-0.39, 0.29) is 11.8 Å². The fourth-order valence-electron chi connectivity index (χ4n) is 3.07. The topological polar surface area (TPSA) is 53.8 Å². The molecule has 0 N–H and O–H groups in total. The number of rotatable bonds is 7. The summed E-state index contributed by atoms with van der Waals surface area (Å²) in [6.07, 6.45) is 1.83. The Kier molecular flexibility index (Phi) is 6.04. The van der Waals surface area contributed by atoms with Gasteiger partial charge >= 0.3 is 0 Å². The van der Waals surface area contributed by atoms with Crippen LogP contribution in [0, 0.1) is 0 Å². The van der Waals surface area contributed by atoms with Crippen molar-refractivity contribution >= 4 is 29.3 Å². The molecule has 26 heavy (non-hydrogen) atoms. The van der Waals surface area contributed by atoms with E-state index in [0.717, 1.165) is 36.5 Å². The molecular formula is C20H24N2O3S. The molecule has 0 aliphatic carbocycles. The highest BCUT2D eigenvalue weighted by atomic mass is 32.2. The first kappa shape index (κ1) is 18.6. The number of carbonyl (C=O) groups excluding carboxylic acids is 2. The molecule has 2 aromatic rings. The van der Waals surface area contributed by atoms with Gasteiger partial charge in [-0.15, -0.1) is 11.8 Å². The average molecular weight is 372 g/mol. The van der Waals surface area contributed by atoms with Gasteiger partial charge in [-0.05, 0) is 37.1 Å². The highest BCUT2D eigenvalue weighted by Crippen LogP contribution is 2.35. The Balaban J connectivity index is 1.76. The van der Waals surface area contributed by atoms with E-state index < -0.39 is 0 Å². The Hall–Kier alpha value is -2.21. The molecule has 6 heteroatoms. The predicted molar refractivity (Wildman–Crippen MR) is 104 cm³/mol. The van der Waals surface area contributed by atoms with Gasteiger partial charge in [0.25, 0.3) is 5.91 Å². The second-order valence-electron chi connectivity index (χ2n) is 6.29. The Morgan fingerprint density at radius 3 is 2.62 bits per heavy atom. The van der Waals surface area contributed by atoms with E-state index in [1.807, 2.05) is 29.2 Å². The number of benzene rings is 1. The van der Waals surface area contributed by atoms with Crippen LogP contribution in [0.2, 0.25) is 0 Å². The minimum Gasteiger partial charge on any atom is -0.454 e. The van der Waals surface area contributed by atoms with Crippen molar-refractivity contribution in [1.29, 1.82) is 0 Å². The minimum atomic E-state index is -0.0825. The zero-order valence-electron chi connectivity index (χ0n) is 15.2. The molecule has 138 valence electrons. The number of thioether (sulfide) groups is 1. The standard InChI is InChI=1S/C20H24N2O3S/c1-3-11-21(12-4-2)20(24)17-10-9-15(25-17)13-22-16-7-5-6-8-18(16)26-14-19(22)23/h5-10H,3-4,11-14H2,1-2H3. The first-order chi connectivity index (χ1) is 12.6. The van der Waals surface area contributed by atoms with Crippen LogP contribution in [0.1, 0.15) is 43.0 Å². The smallest absolute Gasteiger partial charge is 0.289 e. The first-order valence-electron chi connectivity index (χ1n) is 9.04. The van der Waals surface area contributed by atoms with E-state index in [4.69, 9.17) is 4.42 Å². The molecule has 5 nitrogen and oxygen atoms in total. The molecule has 2 amide bonds. The van der Waals surface area contributed by atoms with Gasteiger partial charge < -0.3 is 14.2 Å². The lowest BCUT2D eigenvalue weighted by molar-refractivity contribution is -0.116. The molecule has 0 spiro atoms. The van der Waals surface area contributed by atoms with Crippen LogP contribution in [0.25, 0.3) is 0 Å². The lowest BCUT2D eigenvalue weighted by atomic mass is 10.2. The van der Waals surface area contributed by atoms with E-state index in [1.165, 1.54) is 0 Å². The van der Waals surface area contributed by atoms with Crippen LogP contribution in [0.3, 0.4) is 0 Å². The van der Waals surface area contributed by atoms with Gasteiger partial charge in [0.1, 0.15) is 5.76 Å². The molecule has 0 atom stereocenters. The van der Waals surface area contributed by atoms with Crippen LogP contribution in [-0.2, 0) is 11.3 Å². The van der Waals surface area contributed by atoms with Gasteiger partial charge in [0.15, 0.2) is 5.76 Å². The number of hydrogen-bond acceptors (Lipinski definition) is 4. The van der Waals surface area contributed by atoms with Gasteiger partial charge in [-0.2, -0.15) is 0 Å². The predicted octanol–water partition coefficient (Wildman–Crippen LogP) is 4.18. The molecule has 2 heterocycles. The summed E-state index contributed by atoms with van der Waals surface area (Å²) in [5.74, 6) is 1.35. The number of amides is 2. The lowest BCUT2D eigenvalue weighted by Crippen LogP contribution is -2.34. The van der Waals surface area contributed by atoms with Gasteiger partial charge in [-0.25, -0.2) is 0 Å². The fraction of sp³-hybridized carbons (Fsp3) is 0.400. The molecule has 1 aliphatic rings. The molecule has 0 bridgehead atoms. The third-order valence-electron chi connectivity index (χ3n) is 4.27. The van der Waals surface area contributed by atoms with Crippen molar-refractivity contribution in [3.05, 3.63) is 47.9 Å². The van der Waals surface area contributed by atoms with Crippen molar-refractivity contribution in [3.63, 3.8) is 0 Å². The van der Waals surface area contributed by atoms with Crippen LogP contribution in [0.5, 0.6) is 0 Å². The number of furan rings is 1. The molecule has 0 unspecified atom stereocenters. The summed E-state index contributed by atoms with van der Waals surface area (Å²) in [6, 6.07) is 11.4. The molecule has 0 fully saturated rings. The number of para-hydroxylation sites is 1. The van der Waals surface area contributed by atoms with Crippen LogP contribution in [-0.4, -0.2) is 35.6 Å². The SMILES string of the molecule is CCCN(CCC)C(=O)c1ccc(CN2C(=O)CSc3ccccc32)o1. The Bertz CT molecular complexity index is 781. The number of carbonyl (C=O) groups is 2. The summed E-state index contributed by atoms with van der Waals surface area (Å²) in [5.41, 5.74) is 0.900. The Labute approximate surface area is 158 Å². The van der Waals surface area contributed by atoms with Crippen molar-refractivity contribution < 1.29 is 14.0 Å². The maximum atomic E-state index is 12.6. The summed E-state index contributed by atoms with van der Waals surface area (Å²) in [6.45, 7) is 5.89. The van der Waals surface area contributed by atoms with Crippen molar-refractivity contribution in [2.45, 2.75) is 38.1 Å². The van der Waals surface area contributed by atoms with Gasteiger partial charge in [0, 0.05) is 18.0 Å². The van der Waals surface area contributed by atoms with E-state index in [2.05, 4.69) is 13.8 Å². The zero-order chi connectivity index (χ0) is 18.5. The van der Waals surface area contributed by atoms with Crippen molar-refractivity contribution in [2.24, 2.45) is 0 Å². The van der Waals surface area contributed by atoms with Gasteiger partial charge in [-0.3, -0.25) is 9.59 Å². The van der Waals surface area contributed by atoms with Crippen LogP contribution in [0.15, 0.2) is 45.7 Å². The van der Waals surface area contributed by atoms with E-state index in [1.54, 1.807) is 28.8 Å². The van der Waals surface area contributed by atoms with Crippen LogP contribution in [0.4, 0.5) is 5.69 Å². The molecule has 0 saturated heterocycles. The third-order valence-corrected chi connectivity index (χ3v) is 5.32. The number of fused-ring (bicyclic) bond motifs is 1. The quantitative estimate of drug-likeness (QED) is 0.732. The van der Waals surface area contributed by atoms with Crippen molar-refractivity contribution in [3.8, 4) is 0 Å².